The molecule has 2 aromatic heterocycles. The van der Waals surface area contributed by atoms with Crippen molar-refractivity contribution in [3.05, 3.63) is 54.0 Å². The first-order chi connectivity index (χ1) is 10.6. The van der Waals surface area contributed by atoms with E-state index >= 15 is 0 Å². The molecule has 3 rings (SSSR count). The van der Waals surface area contributed by atoms with E-state index in [-0.39, 0.29) is 12.3 Å². The largest absolute Gasteiger partial charge is 0.397 e. The Morgan fingerprint density at radius 2 is 2.18 bits per heavy atom. The van der Waals surface area contributed by atoms with Crippen LogP contribution in [0.2, 0.25) is 0 Å². The van der Waals surface area contributed by atoms with E-state index in [1.165, 1.54) is 0 Å². The van der Waals surface area contributed by atoms with Crippen LogP contribution in [0.1, 0.15) is 11.3 Å². The van der Waals surface area contributed by atoms with Crippen molar-refractivity contribution in [3.8, 4) is 0 Å². The van der Waals surface area contributed by atoms with Crippen molar-refractivity contribution in [3.63, 3.8) is 0 Å². The number of fused-ring (bicyclic) bond motifs is 1. The summed E-state index contributed by atoms with van der Waals surface area (Å²) in [6.45, 7) is 0.461. The average molecular weight is 295 g/mol. The molecule has 6 nitrogen and oxygen atoms in total. The molecule has 0 bridgehead atoms. The Kier molecular flexibility index (Phi) is 3.74. The third-order valence-electron chi connectivity index (χ3n) is 3.40. The van der Waals surface area contributed by atoms with E-state index in [1.807, 2.05) is 43.6 Å². The second-order valence-electron chi connectivity index (χ2n) is 5.20. The molecule has 1 amide bonds. The number of hydrogen-bond acceptors (Lipinski definition) is 4. The summed E-state index contributed by atoms with van der Waals surface area (Å²) in [6, 6.07) is 9.43. The first kappa shape index (κ1) is 14.1. The standard InChI is InChI=1S/C16H17N5O/c1-21-10-11(9-19-21)8-18-15(22)7-13-6-5-12-3-2-4-14(17)16(12)20-13/h2-6,9-10H,7-8,17H2,1H3,(H,18,22). The smallest absolute Gasteiger partial charge is 0.226 e. The number of nitrogens with two attached hydrogens (primary N) is 1. The maximum absolute atomic E-state index is 12.0. The molecule has 6 heteroatoms. The number of aryl methyl sites for hydroxylation is 1. The Balaban J connectivity index is 1.67. The number of nitrogens with zero attached hydrogens (tertiary/aromatic N) is 3. The Labute approximate surface area is 128 Å². The van der Waals surface area contributed by atoms with Crippen molar-refractivity contribution in [2.45, 2.75) is 13.0 Å². The number of hydrogen-bond donors (Lipinski definition) is 2. The van der Waals surface area contributed by atoms with E-state index in [0.717, 1.165) is 16.5 Å². The Morgan fingerprint density at radius 3 is 2.95 bits per heavy atom. The molecule has 2 heterocycles. The summed E-state index contributed by atoms with van der Waals surface area (Å²) in [4.78, 5) is 16.5. The highest BCUT2D eigenvalue weighted by molar-refractivity contribution is 5.89. The number of carbonyl (C=O) groups excluding carboxylic acids is 1. The summed E-state index contributed by atoms with van der Waals surface area (Å²) >= 11 is 0. The molecular formula is C16H17N5O. The first-order valence-electron chi connectivity index (χ1n) is 7.00. The molecule has 0 atom stereocenters. The van der Waals surface area contributed by atoms with E-state index in [1.54, 1.807) is 10.9 Å². The fourth-order valence-electron chi connectivity index (χ4n) is 2.30. The lowest BCUT2D eigenvalue weighted by atomic mass is 10.1. The van der Waals surface area contributed by atoms with Crippen LogP contribution in [0, 0.1) is 0 Å². The highest BCUT2D eigenvalue weighted by Gasteiger charge is 2.07. The normalized spacial score (nSPS) is 10.8. The Bertz CT molecular complexity index is 824. The summed E-state index contributed by atoms with van der Waals surface area (Å²) in [5.74, 6) is -0.0785. The van der Waals surface area contributed by atoms with Gasteiger partial charge in [-0.25, -0.2) is 0 Å². The van der Waals surface area contributed by atoms with Gasteiger partial charge in [-0.3, -0.25) is 14.5 Å². The Hall–Kier alpha value is -2.89. The number of anilines is 1. The number of aromatic nitrogens is 3. The third kappa shape index (κ3) is 3.06. The lowest BCUT2D eigenvalue weighted by molar-refractivity contribution is -0.120. The fraction of sp³-hybridized carbons (Fsp3) is 0.188. The van der Waals surface area contributed by atoms with Crippen LogP contribution in [0.15, 0.2) is 42.7 Å². The zero-order chi connectivity index (χ0) is 15.5. The van der Waals surface area contributed by atoms with E-state index < -0.39 is 0 Å². The highest BCUT2D eigenvalue weighted by atomic mass is 16.1. The number of carbonyl (C=O) groups is 1. The van der Waals surface area contributed by atoms with E-state index in [2.05, 4.69) is 15.4 Å². The van der Waals surface area contributed by atoms with Crippen molar-refractivity contribution >= 4 is 22.5 Å². The first-order valence-corrected chi connectivity index (χ1v) is 7.00. The van der Waals surface area contributed by atoms with Crippen molar-refractivity contribution < 1.29 is 4.79 Å². The summed E-state index contributed by atoms with van der Waals surface area (Å²) in [7, 11) is 1.84. The van der Waals surface area contributed by atoms with Gasteiger partial charge in [-0.1, -0.05) is 18.2 Å². The van der Waals surface area contributed by atoms with Gasteiger partial charge < -0.3 is 11.1 Å². The average Bonchev–Trinajstić information content (AvgIpc) is 2.92. The molecule has 0 aliphatic rings. The maximum Gasteiger partial charge on any atom is 0.226 e. The lowest BCUT2D eigenvalue weighted by Crippen LogP contribution is -2.24. The molecule has 1 aromatic carbocycles. The van der Waals surface area contributed by atoms with Crippen molar-refractivity contribution in [2.75, 3.05) is 5.73 Å². The number of rotatable bonds is 4. The Morgan fingerprint density at radius 1 is 1.32 bits per heavy atom. The van der Waals surface area contributed by atoms with Crippen LogP contribution in [-0.4, -0.2) is 20.7 Å². The molecule has 3 aromatic rings. The number of nitrogen functional groups attached to an aromatic ring is 1. The predicted octanol–water partition coefficient (Wildman–Crippen LogP) is 1.41. The van der Waals surface area contributed by atoms with Crippen molar-refractivity contribution in [1.82, 2.24) is 20.1 Å². The molecule has 0 saturated heterocycles. The van der Waals surface area contributed by atoms with Crippen molar-refractivity contribution in [1.29, 1.82) is 0 Å². The van der Waals surface area contributed by atoms with Gasteiger partial charge in [0.1, 0.15) is 0 Å². The fourth-order valence-corrected chi connectivity index (χ4v) is 2.30. The third-order valence-corrected chi connectivity index (χ3v) is 3.40. The molecule has 0 saturated carbocycles. The minimum atomic E-state index is -0.0785. The van der Waals surface area contributed by atoms with E-state index in [0.29, 0.717) is 17.9 Å². The number of benzene rings is 1. The molecule has 0 aliphatic heterocycles. The van der Waals surface area contributed by atoms with Crippen molar-refractivity contribution in [2.24, 2.45) is 7.05 Å². The molecule has 0 fully saturated rings. The molecule has 0 spiro atoms. The number of amides is 1. The molecule has 0 unspecified atom stereocenters. The molecular weight excluding hydrogens is 278 g/mol. The number of nitrogens with one attached hydrogen (secondary N) is 1. The van der Waals surface area contributed by atoms with Crippen LogP contribution in [0.25, 0.3) is 10.9 Å². The van der Waals surface area contributed by atoms with Gasteiger partial charge in [0.2, 0.25) is 5.91 Å². The van der Waals surface area contributed by atoms with Gasteiger partial charge in [-0.05, 0) is 12.1 Å². The second-order valence-corrected chi connectivity index (χ2v) is 5.20. The summed E-state index contributed by atoms with van der Waals surface area (Å²) in [6.07, 6.45) is 3.83. The molecule has 0 aliphatic carbocycles. The quantitative estimate of drug-likeness (QED) is 0.713. The van der Waals surface area contributed by atoms with E-state index in [4.69, 9.17) is 5.73 Å². The topological polar surface area (TPSA) is 85.8 Å². The summed E-state index contributed by atoms with van der Waals surface area (Å²) in [5.41, 5.74) is 8.94. The maximum atomic E-state index is 12.0. The minimum absolute atomic E-state index is 0.0785. The van der Waals surface area contributed by atoms with Crippen LogP contribution >= 0.6 is 0 Å². The van der Waals surface area contributed by atoms with Crippen LogP contribution in [0.4, 0.5) is 5.69 Å². The van der Waals surface area contributed by atoms with Gasteiger partial charge in [0.15, 0.2) is 0 Å². The van der Waals surface area contributed by atoms with Crippen LogP contribution in [-0.2, 0) is 24.8 Å². The minimum Gasteiger partial charge on any atom is -0.397 e. The van der Waals surface area contributed by atoms with Crippen LogP contribution in [0.3, 0.4) is 0 Å². The summed E-state index contributed by atoms with van der Waals surface area (Å²) in [5, 5.41) is 7.89. The zero-order valence-electron chi connectivity index (χ0n) is 12.3. The second kappa shape index (κ2) is 5.85. The SMILES string of the molecule is Cn1cc(CNC(=O)Cc2ccc3cccc(N)c3n2)cn1. The number of para-hydroxylation sites is 1. The lowest BCUT2D eigenvalue weighted by Gasteiger charge is -2.06. The molecule has 3 N–H and O–H groups in total. The zero-order valence-corrected chi connectivity index (χ0v) is 12.3. The molecule has 112 valence electrons. The van der Waals surface area contributed by atoms with Gasteiger partial charge in [-0.2, -0.15) is 5.10 Å². The van der Waals surface area contributed by atoms with Gasteiger partial charge in [-0.15, -0.1) is 0 Å². The van der Waals surface area contributed by atoms with E-state index in [9.17, 15) is 4.79 Å². The van der Waals surface area contributed by atoms with Gasteiger partial charge in [0, 0.05) is 30.7 Å². The number of pyridine rings is 1. The highest BCUT2D eigenvalue weighted by Crippen LogP contribution is 2.18. The van der Waals surface area contributed by atoms with Gasteiger partial charge in [0.05, 0.1) is 29.5 Å². The van der Waals surface area contributed by atoms with Gasteiger partial charge in [0.25, 0.3) is 0 Å². The molecule has 0 radical (unpaired) electrons. The predicted molar refractivity (Wildman–Crippen MR) is 84.9 cm³/mol. The summed E-state index contributed by atoms with van der Waals surface area (Å²) < 4.78 is 1.70. The monoisotopic (exact) mass is 295 g/mol. The van der Waals surface area contributed by atoms with Crippen LogP contribution < -0.4 is 11.1 Å². The van der Waals surface area contributed by atoms with Crippen LogP contribution in [0.5, 0.6) is 0 Å². The van der Waals surface area contributed by atoms with Gasteiger partial charge >= 0.3 is 0 Å². The molecule has 22 heavy (non-hydrogen) atoms.